The van der Waals surface area contributed by atoms with Gasteiger partial charge in [-0.2, -0.15) is 0 Å². The first kappa shape index (κ1) is 22.7. The van der Waals surface area contributed by atoms with Crippen LogP contribution < -0.4 is 16.4 Å². The highest BCUT2D eigenvalue weighted by Crippen LogP contribution is 2.44. The number of benzene rings is 1. The zero-order valence-corrected chi connectivity index (χ0v) is 19.9. The number of thiocarbonyl (C=S) groups is 1. The fourth-order valence-corrected chi connectivity index (χ4v) is 5.49. The van der Waals surface area contributed by atoms with E-state index in [2.05, 4.69) is 31.4 Å². The van der Waals surface area contributed by atoms with Gasteiger partial charge in [0.15, 0.2) is 5.11 Å². The quantitative estimate of drug-likeness (QED) is 0.553. The monoisotopic (exact) mass is 463 g/mol. The summed E-state index contributed by atoms with van der Waals surface area (Å²) in [6.45, 7) is 8.59. The Morgan fingerprint density at radius 1 is 1.30 bits per heavy atom. The van der Waals surface area contributed by atoms with Crippen molar-refractivity contribution in [3.63, 3.8) is 0 Å². The highest BCUT2D eigenvalue weighted by Gasteiger charge is 2.33. The lowest BCUT2D eigenvalue weighted by Gasteiger charge is -2.33. The Morgan fingerprint density at radius 2 is 2.00 bits per heavy atom. The average Bonchev–Trinajstić information content (AvgIpc) is 2.99. The van der Waals surface area contributed by atoms with E-state index in [1.807, 2.05) is 6.92 Å². The highest BCUT2D eigenvalue weighted by molar-refractivity contribution is 7.80. The van der Waals surface area contributed by atoms with Gasteiger partial charge in [0.25, 0.3) is 11.8 Å². The van der Waals surface area contributed by atoms with Crippen LogP contribution >= 0.6 is 35.2 Å². The minimum atomic E-state index is -0.483. The van der Waals surface area contributed by atoms with Gasteiger partial charge in [-0.05, 0) is 73.0 Å². The summed E-state index contributed by atoms with van der Waals surface area (Å²) in [5.74, 6) is -0.317. The van der Waals surface area contributed by atoms with E-state index in [1.165, 1.54) is 11.3 Å². The summed E-state index contributed by atoms with van der Waals surface area (Å²) in [7, 11) is 0. The van der Waals surface area contributed by atoms with Crippen molar-refractivity contribution < 1.29 is 9.59 Å². The Bertz CT molecular complexity index is 1020. The molecule has 1 aliphatic rings. The van der Waals surface area contributed by atoms with Crippen molar-refractivity contribution in [3.8, 4) is 0 Å². The Hall–Kier alpha value is -1.96. The molecule has 160 valence electrons. The number of carbonyl (C=O) groups excluding carboxylic acids is 2. The molecule has 1 atom stereocenters. The van der Waals surface area contributed by atoms with Gasteiger partial charge in [0, 0.05) is 15.5 Å². The van der Waals surface area contributed by atoms with Crippen molar-refractivity contribution in [3.05, 3.63) is 50.4 Å². The fourth-order valence-electron chi connectivity index (χ4n) is 3.72. The molecule has 1 aliphatic carbocycles. The van der Waals surface area contributed by atoms with E-state index in [0.29, 0.717) is 27.1 Å². The molecule has 1 heterocycles. The number of amides is 2. The third kappa shape index (κ3) is 4.85. The second-order valence-corrected chi connectivity index (χ2v) is 10.7. The molecule has 4 N–H and O–H groups in total. The van der Waals surface area contributed by atoms with Crippen LogP contribution in [0.3, 0.4) is 0 Å². The summed E-state index contributed by atoms with van der Waals surface area (Å²) in [6, 6.07) is 5.06. The number of primary amides is 1. The van der Waals surface area contributed by atoms with Gasteiger partial charge in [0.2, 0.25) is 0 Å². The summed E-state index contributed by atoms with van der Waals surface area (Å²) in [5.41, 5.74) is 8.67. The molecule has 1 unspecified atom stereocenters. The first-order valence-corrected chi connectivity index (χ1v) is 11.4. The van der Waals surface area contributed by atoms with Crippen LogP contribution in [-0.4, -0.2) is 16.9 Å². The molecule has 0 aliphatic heterocycles. The van der Waals surface area contributed by atoms with Crippen LogP contribution in [-0.2, 0) is 12.8 Å². The predicted molar refractivity (Wildman–Crippen MR) is 128 cm³/mol. The summed E-state index contributed by atoms with van der Waals surface area (Å²) in [6.07, 6.45) is 2.74. The Morgan fingerprint density at radius 3 is 2.60 bits per heavy atom. The molecule has 5 nitrogen and oxygen atoms in total. The lowest BCUT2D eigenvalue weighted by atomic mass is 9.72. The number of carbonyl (C=O) groups is 2. The normalized spacial score (nSPS) is 16.0. The topological polar surface area (TPSA) is 84.2 Å². The molecule has 30 heavy (non-hydrogen) atoms. The van der Waals surface area contributed by atoms with Gasteiger partial charge < -0.3 is 11.1 Å². The van der Waals surface area contributed by atoms with Crippen molar-refractivity contribution in [2.24, 2.45) is 17.1 Å². The maximum absolute atomic E-state index is 12.5. The van der Waals surface area contributed by atoms with Gasteiger partial charge in [-0.15, -0.1) is 11.3 Å². The summed E-state index contributed by atoms with van der Waals surface area (Å²) in [5, 5.41) is 6.88. The molecule has 2 amide bonds. The maximum Gasteiger partial charge on any atom is 0.257 e. The number of hydrogen-bond acceptors (Lipinski definition) is 4. The van der Waals surface area contributed by atoms with Crippen LogP contribution in [0.2, 0.25) is 5.02 Å². The molecule has 0 saturated carbocycles. The van der Waals surface area contributed by atoms with Crippen LogP contribution in [0.5, 0.6) is 0 Å². The third-order valence-electron chi connectivity index (χ3n) is 5.62. The molecule has 1 aromatic carbocycles. The maximum atomic E-state index is 12.5. The van der Waals surface area contributed by atoms with Crippen molar-refractivity contribution in [1.82, 2.24) is 5.32 Å². The molecular formula is C22H26ClN3O2S2. The Kier molecular flexibility index (Phi) is 6.55. The molecular weight excluding hydrogens is 438 g/mol. The minimum Gasteiger partial charge on any atom is -0.365 e. The van der Waals surface area contributed by atoms with E-state index in [9.17, 15) is 9.59 Å². The van der Waals surface area contributed by atoms with E-state index >= 15 is 0 Å². The van der Waals surface area contributed by atoms with Crippen LogP contribution in [0.15, 0.2) is 18.2 Å². The minimum absolute atomic E-state index is 0.116. The van der Waals surface area contributed by atoms with E-state index in [-0.39, 0.29) is 16.4 Å². The zero-order valence-electron chi connectivity index (χ0n) is 17.5. The Labute approximate surface area is 191 Å². The van der Waals surface area contributed by atoms with Gasteiger partial charge in [0.1, 0.15) is 5.00 Å². The number of halogens is 1. The lowest BCUT2D eigenvalue weighted by molar-refractivity contribution is 0.0975. The van der Waals surface area contributed by atoms with Crippen LogP contribution in [0.25, 0.3) is 0 Å². The molecule has 0 spiro atoms. The number of aryl methyl sites for hydroxylation is 1. The molecule has 2 aromatic rings. The largest absolute Gasteiger partial charge is 0.365 e. The molecule has 0 saturated heterocycles. The third-order valence-corrected chi connectivity index (χ3v) is 7.41. The zero-order chi connectivity index (χ0) is 22.2. The average molecular weight is 464 g/mol. The van der Waals surface area contributed by atoms with E-state index in [1.54, 1.807) is 18.2 Å². The molecule has 3 rings (SSSR count). The SMILES string of the molecule is Cc1ccc(C(=O)NC(=S)Nc2sc3c(c2C(N)=O)CCC(C(C)(C)C)C3)cc1Cl. The number of rotatable bonds is 3. The van der Waals surface area contributed by atoms with Crippen molar-refractivity contribution in [2.45, 2.75) is 47.0 Å². The van der Waals surface area contributed by atoms with Gasteiger partial charge in [-0.25, -0.2) is 0 Å². The standard InChI is InChI=1S/C22H26ClN3O2S2/c1-11-5-6-12(9-15(11)23)19(28)25-21(29)26-20-17(18(24)27)14-8-7-13(22(2,3)4)10-16(14)30-20/h5-6,9,13H,7-8,10H2,1-4H3,(H2,24,27)(H2,25,26,28,29). The number of nitrogens with two attached hydrogens (primary N) is 1. The molecule has 0 bridgehead atoms. The lowest BCUT2D eigenvalue weighted by Crippen LogP contribution is -2.34. The number of fused-ring (bicyclic) bond motifs is 1. The number of thiophene rings is 1. The number of nitrogens with one attached hydrogen (secondary N) is 2. The molecule has 0 fully saturated rings. The summed E-state index contributed by atoms with van der Waals surface area (Å²) in [4.78, 5) is 25.8. The van der Waals surface area contributed by atoms with Crippen LogP contribution in [0.4, 0.5) is 5.00 Å². The van der Waals surface area contributed by atoms with Crippen molar-refractivity contribution in [2.75, 3.05) is 5.32 Å². The van der Waals surface area contributed by atoms with Crippen LogP contribution in [0.1, 0.15) is 63.9 Å². The summed E-state index contributed by atoms with van der Waals surface area (Å²) < 4.78 is 0. The first-order chi connectivity index (χ1) is 14.0. The molecule has 0 radical (unpaired) electrons. The molecule has 1 aromatic heterocycles. The van der Waals surface area contributed by atoms with Gasteiger partial charge in [-0.1, -0.05) is 38.4 Å². The van der Waals surface area contributed by atoms with Gasteiger partial charge in [0.05, 0.1) is 5.56 Å². The summed E-state index contributed by atoms with van der Waals surface area (Å²) >= 11 is 12.9. The highest BCUT2D eigenvalue weighted by atomic mass is 35.5. The van der Waals surface area contributed by atoms with Gasteiger partial charge in [-0.3, -0.25) is 14.9 Å². The smallest absolute Gasteiger partial charge is 0.257 e. The predicted octanol–water partition coefficient (Wildman–Crippen LogP) is 5.09. The second kappa shape index (κ2) is 8.65. The van der Waals surface area contributed by atoms with E-state index < -0.39 is 5.91 Å². The number of anilines is 1. The number of hydrogen-bond donors (Lipinski definition) is 3. The van der Waals surface area contributed by atoms with Crippen molar-refractivity contribution in [1.29, 1.82) is 0 Å². The molecule has 8 heteroatoms. The van der Waals surface area contributed by atoms with Crippen LogP contribution in [0, 0.1) is 18.3 Å². The van der Waals surface area contributed by atoms with Crippen molar-refractivity contribution >= 4 is 57.1 Å². The first-order valence-electron chi connectivity index (χ1n) is 9.80. The van der Waals surface area contributed by atoms with E-state index in [0.717, 1.165) is 35.3 Å². The van der Waals surface area contributed by atoms with E-state index in [4.69, 9.17) is 29.6 Å². The van der Waals surface area contributed by atoms with Gasteiger partial charge >= 0.3 is 0 Å². The Balaban J connectivity index is 1.78. The second-order valence-electron chi connectivity index (χ2n) is 8.75. The fraction of sp³-hybridized carbons (Fsp3) is 0.409.